The van der Waals surface area contributed by atoms with E-state index in [0.29, 0.717) is 16.8 Å². The monoisotopic (exact) mass is 427 g/mol. The zero-order valence-corrected chi connectivity index (χ0v) is 18.3. The number of hydrogen-bond acceptors (Lipinski definition) is 5. The van der Waals surface area contributed by atoms with Crippen LogP contribution in [-0.4, -0.2) is 29.3 Å². The minimum absolute atomic E-state index is 0.141. The highest BCUT2D eigenvalue weighted by atomic mass is 16.5. The molecule has 0 unspecified atom stereocenters. The molecule has 2 heterocycles. The molecule has 4 rings (SSSR count). The van der Waals surface area contributed by atoms with Gasteiger partial charge in [0.1, 0.15) is 5.75 Å². The molecule has 0 aliphatic carbocycles. The maximum absolute atomic E-state index is 13.0. The molecule has 0 atom stereocenters. The topological polar surface area (TPSA) is 80.3 Å². The molecule has 3 aromatic rings. The van der Waals surface area contributed by atoms with Crippen LogP contribution < -0.4 is 15.4 Å². The van der Waals surface area contributed by atoms with Gasteiger partial charge in [0.25, 0.3) is 5.91 Å². The van der Waals surface area contributed by atoms with Gasteiger partial charge in [-0.25, -0.2) is 0 Å². The van der Waals surface area contributed by atoms with E-state index in [9.17, 15) is 9.59 Å². The number of methoxy groups -OCH3 is 1. The number of hydrogen-bond donors (Lipinski definition) is 2. The number of nitrogens with one attached hydrogen (secondary N) is 2. The van der Waals surface area contributed by atoms with Gasteiger partial charge < -0.3 is 15.4 Å². The lowest BCUT2D eigenvalue weighted by molar-refractivity contribution is 0.102. The standard InChI is InChI=1S/C26H25N3O3/c1-26(2)15-19-10-11-21(32-3)13-22(19)23(29-26)14-24(30)17-6-8-18(9-7-17)25(31)28-20-5-4-12-27-16-20/h4-14,16,29H,15H2,1-3H3,(H,28,31). The molecular formula is C26H25N3O3. The molecule has 1 aliphatic heterocycles. The number of fused-ring (bicyclic) bond motifs is 1. The average Bonchev–Trinajstić information content (AvgIpc) is 2.79. The number of carbonyl (C=O) groups is 2. The summed E-state index contributed by atoms with van der Waals surface area (Å²) in [5.41, 5.74) is 4.29. The molecule has 1 aromatic heterocycles. The predicted octanol–water partition coefficient (Wildman–Crippen LogP) is 4.49. The highest BCUT2D eigenvalue weighted by Gasteiger charge is 2.28. The molecule has 2 N–H and O–H groups in total. The Bertz CT molecular complexity index is 1180. The van der Waals surface area contributed by atoms with Crippen LogP contribution >= 0.6 is 0 Å². The largest absolute Gasteiger partial charge is 0.497 e. The highest BCUT2D eigenvalue weighted by molar-refractivity contribution is 6.10. The van der Waals surface area contributed by atoms with Crippen molar-refractivity contribution >= 4 is 23.1 Å². The van der Waals surface area contributed by atoms with Crippen LogP contribution in [0.3, 0.4) is 0 Å². The van der Waals surface area contributed by atoms with Crippen molar-refractivity contribution in [3.63, 3.8) is 0 Å². The van der Waals surface area contributed by atoms with Crippen molar-refractivity contribution in [2.75, 3.05) is 12.4 Å². The van der Waals surface area contributed by atoms with E-state index in [-0.39, 0.29) is 17.2 Å². The minimum atomic E-state index is -0.257. The van der Waals surface area contributed by atoms with Crippen molar-refractivity contribution in [3.05, 3.63) is 95.3 Å². The maximum atomic E-state index is 13.0. The number of anilines is 1. The third-order valence-corrected chi connectivity index (χ3v) is 5.34. The van der Waals surface area contributed by atoms with Gasteiger partial charge >= 0.3 is 0 Å². The summed E-state index contributed by atoms with van der Waals surface area (Å²) in [6.07, 6.45) is 5.68. The first-order valence-electron chi connectivity index (χ1n) is 10.4. The molecule has 0 saturated carbocycles. The summed E-state index contributed by atoms with van der Waals surface area (Å²) < 4.78 is 5.37. The average molecular weight is 428 g/mol. The van der Waals surface area contributed by atoms with Crippen LogP contribution in [0.15, 0.2) is 73.1 Å². The Morgan fingerprint density at radius 2 is 1.84 bits per heavy atom. The fourth-order valence-electron chi connectivity index (χ4n) is 3.79. The van der Waals surface area contributed by atoms with Crippen LogP contribution in [0.25, 0.3) is 5.70 Å². The smallest absolute Gasteiger partial charge is 0.255 e. The molecule has 162 valence electrons. The summed E-state index contributed by atoms with van der Waals surface area (Å²) in [6, 6.07) is 16.1. The SMILES string of the molecule is COc1ccc2c(c1)C(=CC(=O)c1ccc(C(=O)Nc3cccnc3)cc1)NC(C)(C)C2. The third-order valence-electron chi connectivity index (χ3n) is 5.34. The molecule has 0 fully saturated rings. The van der Waals surface area contributed by atoms with E-state index in [1.807, 2.05) is 18.2 Å². The van der Waals surface area contributed by atoms with Gasteiger partial charge in [0.2, 0.25) is 0 Å². The molecule has 6 heteroatoms. The van der Waals surface area contributed by atoms with Gasteiger partial charge in [0, 0.05) is 40.2 Å². The zero-order chi connectivity index (χ0) is 22.7. The summed E-state index contributed by atoms with van der Waals surface area (Å²) in [4.78, 5) is 29.4. The molecule has 6 nitrogen and oxygen atoms in total. The van der Waals surface area contributed by atoms with Crippen LogP contribution in [0.2, 0.25) is 0 Å². The number of benzene rings is 2. The van der Waals surface area contributed by atoms with Crippen molar-refractivity contribution in [3.8, 4) is 5.75 Å². The van der Waals surface area contributed by atoms with Crippen molar-refractivity contribution in [1.82, 2.24) is 10.3 Å². The van der Waals surface area contributed by atoms with Crippen molar-refractivity contribution in [2.45, 2.75) is 25.8 Å². The fourth-order valence-corrected chi connectivity index (χ4v) is 3.79. The second-order valence-electron chi connectivity index (χ2n) is 8.40. The van der Waals surface area contributed by atoms with E-state index in [2.05, 4.69) is 29.5 Å². The molecule has 0 bridgehead atoms. The van der Waals surface area contributed by atoms with E-state index in [1.165, 1.54) is 0 Å². The van der Waals surface area contributed by atoms with Gasteiger partial charge in [-0.15, -0.1) is 0 Å². The lowest BCUT2D eigenvalue weighted by atomic mass is 9.85. The number of aromatic nitrogens is 1. The normalized spacial score (nSPS) is 15.4. The van der Waals surface area contributed by atoms with Crippen molar-refractivity contribution < 1.29 is 14.3 Å². The Morgan fingerprint density at radius 1 is 1.09 bits per heavy atom. The number of ketones is 1. The third kappa shape index (κ3) is 4.70. The van der Waals surface area contributed by atoms with Crippen molar-refractivity contribution in [2.24, 2.45) is 0 Å². The number of allylic oxidation sites excluding steroid dienone is 1. The first kappa shape index (κ1) is 21.3. The number of carbonyl (C=O) groups excluding carboxylic acids is 2. The second-order valence-corrected chi connectivity index (χ2v) is 8.40. The molecule has 1 amide bonds. The Labute approximate surface area is 187 Å². The van der Waals surface area contributed by atoms with E-state index < -0.39 is 0 Å². The lowest BCUT2D eigenvalue weighted by Gasteiger charge is -2.35. The molecule has 2 aromatic carbocycles. The number of amides is 1. The zero-order valence-electron chi connectivity index (χ0n) is 18.3. The van der Waals surface area contributed by atoms with Gasteiger partial charge in [-0.2, -0.15) is 0 Å². The van der Waals surface area contributed by atoms with Gasteiger partial charge in [-0.05, 0) is 62.2 Å². The Balaban J connectivity index is 1.56. The summed E-state index contributed by atoms with van der Waals surface area (Å²) >= 11 is 0. The van der Waals surface area contributed by atoms with Crippen LogP contribution in [0.4, 0.5) is 5.69 Å². The first-order valence-corrected chi connectivity index (χ1v) is 10.4. The minimum Gasteiger partial charge on any atom is -0.497 e. The van der Waals surface area contributed by atoms with E-state index >= 15 is 0 Å². The van der Waals surface area contributed by atoms with Crippen molar-refractivity contribution in [1.29, 1.82) is 0 Å². The lowest BCUT2D eigenvalue weighted by Crippen LogP contribution is -2.43. The number of ether oxygens (including phenoxy) is 1. The number of rotatable bonds is 5. The highest BCUT2D eigenvalue weighted by Crippen LogP contribution is 2.32. The van der Waals surface area contributed by atoms with Crippen LogP contribution in [-0.2, 0) is 6.42 Å². The molecule has 0 spiro atoms. The number of pyridine rings is 1. The molecule has 32 heavy (non-hydrogen) atoms. The summed E-state index contributed by atoms with van der Waals surface area (Å²) in [6.45, 7) is 4.21. The van der Waals surface area contributed by atoms with Crippen LogP contribution in [0.5, 0.6) is 5.75 Å². The summed E-state index contributed by atoms with van der Waals surface area (Å²) in [5, 5.41) is 6.26. The quantitative estimate of drug-likeness (QED) is 0.463. The summed E-state index contributed by atoms with van der Waals surface area (Å²) in [5.74, 6) is 0.345. The van der Waals surface area contributed by atoms with E-state index in [4.69, 9.17) is 4.74 Å². The van der Waals surface area contributed by atoms with Gasteiger partial charge in [0.15, 0.2) is 5.78 Å². The molecule has 0 radical (unpaired) electrons. The Hall–Kier alpha value is -3.93. The maximum Gasteiger partial charge on any atom is 0.255 e. The summed E-state index contributed by atoms with van der Waals surface area (Å²) in [7, 11) is 1.63. The first-order chi connectivity index (χ1) is 15.3. The molecule has 1 aliphatic rings. The van der Waals surface area contributed by atoms with Gasteiger partial charge in [-0.3, -0.25) is 14.6 Å². The van der Waals surface area contributed by atoms with Crippen LogP contribution in [0.1, 0.15) is 45.7 Å². The van der Waals surface area contributed by atoms with E-state index in [1.54, 1.807) is 62.0 Å². The van der Waals surface area contributed by atoms with Gasteiger partial charge in [-0.1, -0.05) is 18.2 Å². The molecule has 0 saturated heterocycles. The Morgan fingerprint density at radius 3 is 2.53 bits per heavy atom. The Kier molecular flexibility index (Phi) is 5.77. The van der Waals surface area contributed by atoms with Gasteiger partial charge in [0.05, 0.1) is 19.0 Å². The van der Waals surface area contributed by atoms with Crippen LogP contribution in [0, 0.1) is 0 Å². The fraction of sp³-hybridized carbons (Fsp3) is 0.192. The predicted molar refractivity (Wildman–Crippen MR) is 125 cm³/mol. The van der Waals surface area contributed by atoms with E-state index in [0.717, 1.165) is 29.0 Å². The number of nitrogens with zero attached hydrogens (tertiary/aromatic N) is 1. The molecular weight excluding hydrogens is 402 g/mol. The second kappa shape index (κ2) is 8.67.